The fourth-order valence-electron chi connectivity index (χ4n) is 2.12. The Morgan fingerprint density at radius 3 is 2.57 bits per heavy atom. The summed E-state index contributed by atoms with van der Waals surface area (Å²) in [6, 6.07) is 1.11. The summed E-state index contributed by atoms with van der Waals surface area (Å²) in [5.74, 6) is 1.65. The highest BCUT2D eigenvalue weighted by Crippen LogP contribution is 2.37. The number of hydrogen-bond acceptors (Lipinski definition) is 9. The van der Waals surface area contributed by atoms with Crippen LogP contribution in [0.4, 0.5) is 5.69 Å². The molecule has 0 bridgehead atoms. The lowest BCUT2D eigenvalue weighted by Gasteiger charge is -2.28. The Morgan fingerprint density at radius 2 is 2.03 bits per heavy atom. The van der Waals surface area contributed by atoms with Gasteiger partial charge in [-0.3, -0.25) is 19.5 Å². The molecule has 0 fully saturated rings. The van der Waals surface area contributed by atoms with E-state index in [0.717, 1.165) is 22.7 Å². The van der Waals surface area contributed by atoms with E-state index in [1.807, 2.05) is 21.1 Å². The number of terminal acetylenes is 1. The van der Waals surface area contributed by atoms with Gasteiger partial charge in [-0.1, -0.05) is 5.92 Å². The summed E-state index contributed by atoms with van der Waals surface area (Å²) >= 11 is 1.08. The number of rotatable bonds is 12. The van der Waals surface area contributed by atoms with Crippen molar-refractivity contribution in [2.75, 3.05) is 60.2 Å². The number of likely N-dealkylation sites (N-methyl/N-ethyl adjacent to an activating group) is 1. The van der Waals surface area contributed by atoms with Gasteiger partial charge in [-0.25, -0.2) is 4.98 Å². The van der Waals surface area contributed by atoms with Gasteiger partial charge in [-0.05, 0) is 6.26 Å². The molecule has 11 nitrogen and oxygen atoms in total. The van der Waals surface area contributed by atoms with Crippen LogP contribution < -0.4 is 4.89 Å². The Kier molecular flexibility index (Phi) is 9.90. The minimum absolute atomic E-state index is 0.0424. The third kappa shape index (κ3) is 8.79. The summed E-state index contributed by atoms with van der Waals surface area (Å²) in [5, 5.41) is 11.3. The van der Waals surface area contributed by atoms with Crippen molar-refractivity contribution in [2.24, 2.45) is 0 Å². The highest BCUT2D eigenvalue weighted by atomic mass is 32.2. The highest BCUT2D eigenvalue weighted by molar-refractivity contribution is 7.98. The van der Waals surface area contributed by atoms with Crippen molar-refractivity contribution in [3.8, 4) is 12.3 Å². The number of phosphoric acid groups is 1. The van der Waals surface area contributed by atoms with Crippen molar-refractivity contribution in [1.82, 2.24) is 9.88 Å². The van der Waals surface area contributed by atoms with Crippen LogP contribution in [0.25, 0.3) is 0 Å². The van der Waals surface area contributed by atoms with Gasteiger partial charge in [0.05, 0.1) is 44.8 Å². The van der Waals surface area contributed by atoms with Crippen LogP contribution in [0.1, 0.15) is 10.4 Å². The second kappa shape index (κ2) is 11.4. The number of nitro groups is 1. The molecular weight excluding hydrogens is 435 g/mol. The van der Waals surface area contributed by atoms with Crippen LogP contribution in [0.5, 0.6) is 0 Å². The molecule has 13 heteroatoms. The molecule has 1 atom stereocenters. The Labute approximate surface area is 179 Å². The molecule has 0 aliphatic carbocycles. The number of aromatic nitrogens is 1. The van der Waals surface area contributed by atoms with Crippen LogP contribution in [0, 0.1) is 22.5 Å². The van der Waals surface area contributed by atoms with Gasteiger partial charge < -0.3 is 23.3 Å². The number of carbonyl (C=O) groups excluding carboxylic acids is 1. The third-order valence-electron chi connectivity index (χ3n) is 3.66. The number of thioether (sulfide) groups is 1. The zero-order valence-corrected chi connectivity index (χ0v) is 19.0. The van der Waals surface area contributed by atoms with E-state index in [2.05, 4.69) is 10.9 Å². The standard InChI is InChI=1S/C17H25N4O7PS/c1-6-7-19(8-10-27-29(25,26)28-11-9-21(2,3)4)17(22)14-12-15(20(23)24)16(30-5)18-13-14/h1,12-13H,7-11H2,2-5H3. The second-order valence-electron chi connectivity index (χ2n) is 7.07. The summed E-state index contributed by atoms with van der Waals surface area (Å²) in [6.07, 6.45) is 8.11. The molecule has 166 valence electrons. The highest BCUT2D eigenvalue weighted by Gasteiger charge is 2.22. The maximum atomic E-state index is 12.7. The number of hydrogen-bond donors (Lipinski definition) is 0. The molecule has 0 aromatic carbocycles. The maximum Gasteiger partial charge on any atom is 0.302 e. The summed E-state index contributed by atoms with van der Waals surface area (Å²) in [5.41, 5.74) is -0.348. The molecule has 30 heavy (non-hydrogen) atoms. The Morgan fingerprint density at radius 1 is 1.40 bits per heavy atom. The topological polar surface area (TPSA) is 135 Å². The maximum absolute atomic E-state index is 12.7. The molecule has 0 saturated carbocycles. The number of carbonyl (C=O) groups is 1. The lowest BCUT2D eigenvalue weighted by atomic mass is 10.2. The molecule has 1 aromatic rings. The fraction of sp³-hybridized carbons (Fsp3) is 0.529. The Hall–Kier alpha value is -2.00. The quantitative estimate of drug-likeness (QED) is 0.112. The zero-order chi connectivity index (χ0) is 22.9. The van der Waals surface area contributed by atoms with Crippen LogP contribution in [0.3, 0.4) is 0 Å². The van der Waals surface area contributed by atoms with Crippen molar-refractivity contribution < 1.29 is 32.7 Å². The summed E-state index contributed by atoms with van der Waals surface area (Å²) in [6.45, 7) is -0.279. The van der Waals surface area contributed by atoms with Gasteiger partial charge in [0.15, 0.2) is 5.03 Å². The van der Waals surface area contributed by atoms with Crippen molar-refractivity contribution in [2.45, 2.75) is 5.03 Å². The third-order valence-corrected chi connectivity index (χ3v) is 5.36. The average molecular weight is 460 g/mol. The normalized spacial score (nSPS) is 13.3. The summed E-state index contributed by atoms with van der Waals surface area (Å²) < 4.78 is 21.9. The Bertz CT molecular complexity index is 853. The predicted octanol–water partition coefficient (Wildman–Crippen LogP) is 0.995. The Balaban J connectivity index is 2.77. The van der Waals surface area contributed by atoms with Gasteiger partial charge in [0.1, 0.15) is 13.2 Å². The molecule has 0 N–H and O–H groups in total. The van der Waals surface area contributed by atoms with Crippen LogP contribution in [0.15, 0.2) is 17.3 Å². The molecule has 0 radical (unpaired) electrons. The first-order valence-corrected chi connectivity index (χ1v) is 11.4. The molecule has 0 aliphatic rings. The second-order valence-corrected chi connectivity index (χ2v) is 9.27. The number of phosphoric ester groups is 1. The molecule has 1 unspecified atom stereocenters. The van der Waals surface area contributed by atoms with E-state index in [1.54, 1.807) is 6.26 Å². The van der Waals surface area contributed by atoms with Crippen molar-refractivity contribution in [3.63, 3.8) is 0 Å². The number of pyridine rings is 1. The minimum Gasteiger partial charge on any atom is -0.756 e. The first-order valence-electron chi connectivity index (χ1n) is 8.72. The zero-order valence-electron chi connectivity index (χ0n) is 17.3. The molecule has 1 aromatic heterocycles. The molecule has 0 saturated heterocycles. The predicted molar refractivity (Wildman–Crippen MR) is 110 cm³/mol. The van der Waals surface area contributed by atoms with E-state index in [0.29, 0.717) is 11.0 Å². The SMILES string of the molecule is C#CCN(CCOP(=O)([O-])OCC[N+](C)(C)C)C(=O)c1cnc(SC)c([N+](=O)[O-])c1. The van der Waals surface area contributed by atoms with Gasteiger partial charge in [0.25, 0.3) is 13.7 Å². The lowest BCUT2D eigenvalue weighted by molar-refractivity contribution is -0.870. The molecular formula is C17H25N4O7PS. The summed E-state index contributed by atoms with van der Waals surface area (Å²) in [4.78, 5) is 40.1. The van der Waals surface area contributed by atoms with Gasteiger partial charge in [0.2, 0.25) is 0 Å². The van der Waals surface area contributed by atoms with E-state index < -0.39 is 18.7 Å². The van der Waals surface area contributed by atoms with Crippen molar-refractivity contribution in [1.29, 1.82) is 0 Å². The van der Waals surface area contributed by atoms with Crippen LogP contribution >= 0.6 is 19.6 Å². The van der Waals surface area contributed by atoms with Crippen LogP contribution in [-0.4, -0.2) is 85.4 Å². The van der Waals surface area contributed by atoms with Gasteiger partial charge >= 0.3 is 5.69 Å². The van der Waals surface area contributed by atoms with Gasteiger partial charge in [0, 0.05) is 18.8 Å². The number of amides is 1. The molecule has 1 amide bonds. The fourth-order valence-corrected chi connectivity index (χ4v) is 3.30. The minimum atomic E-state index is -4.54. The van der Waals surface area contributed by atoms with Crippen molar-refractivity contribution >= 4 is 31.2 Å². The number of nitrogens with zero attached hydrogens (tertiary/aromatic N) is 4. The summed E-state index contributed by atoms with van der Waals surface area (Å²) in [7, 11) is 1.11. The van der Waals surface area contributed by atoms with E-state index in [1.165, 1.54) is 6.20 Å². The molecule has 0 aliphatic heterocycles. The monoisotopic (exact) mass is 460 g/mol. The smallest absolute Gasteiger partial charge is 0.302 e. The van der Waals surface area contributed by atoms with Gasteiger partial charge in [-0.2, -0.15) is 0 Å². The van der Waals surface area contributed by atoms with Gasteiger partial charge in [-0.15, -0.1) is 18.2 Å². The van der Waals surface area contributed by atoms with E-state index in [9.17, 15) is 24.4 Å². The molecule has 1 rings (SSSR count). The van der Waals surface area contributed by atoms with Crippen LogP contribution in [-0.2, 0) is 13.6 Å². The van der Waals surface area contributed by atoms with E-state index in [4.69, 9.17) is 15.5 Å². The number of quaternary nitrogens is 1. The first-order chi connectivity index (χ1) is 13.9. The van der Waals surface area contributed by atoms with E-state index >= 15 is 0 Å². The van der Waals surface area contributed by atoms with Crippen LogP contribution in [0.2, 0.25) is 0 Å². The largest absolute Gasteiger partial charge is 0.756 e. The molecule has 1 heterocycles. The molecule has 0 spiro atoms. The first kappa shape index (κ1) is 26.0. The average Bonchev–Trinajstić information content (AvgIpc) is 2.64. The lowest BCUT2D eigenvalue weighted by Crippen LogP contribution is -2.37. The van der Waals surface area contributed by atoms with E-state index in [-0.39, 0.29) is 42.6 Å². The van der Waals surface area contributed by atoms with Crippen molar-refractivity contribution in [3.05, 3.63) is 27.9 Å².